The zero-order valence-corrected chi connectivity index (χ0v) is 33.8. The van der Waals surface area contributed by atoms with Gasteiger partial charge in [-0.15, -0.1) is 0 Å². The molecule has 0 atom stereocenters. The van der Waals surface area contributed by atoms with Crippen LogP contribution in [0.3, 0.4) is 0 Å². The molecule has 48 heavy (non-hydrogen) atoms. The molecule has 14 nitrogen and oxygen atoms in total. The van der Waals surface area contributed by atoms with Gasteiger partial charge in [0.15, 0.2) is 0 Å². The highest BCUT2D eigenvalue weighted by Gasteiger charge is 2.39. The number of nitrogens with one attached hydrogen (secondary N) is 4. The van der Waals surface area contributed by atoms with E-state index in [9.17, 15) is 0 Å². The molecule has 0 aromatic heterocycles. The molecule has 0 aliphatic carbocycles. The van der Waals surface area contributed by atoms with Crippen LogP contribution < -0.4 is 32.7 Å². The summed E-state index contributed by atoms with van der Waals surface area (Å²) in [7, 11) is -4.25. The van der Waals surface area contributed by atoms with Gasteiger partial charge in [-0.1, -0.05) is 0 Å². The molecule has 0 aromatic carbocycles. The van der Waals surface area contributed by atoms with Gasteiger partial charge in [-0.3, -0.25) is 0 Å². The van der Waals surface area contributed by atoms with Crippen molar-refractivity contribution in [3.05, 3.63) is 0 Å². The van der Waals surface area contributed by atoms with E-state index in [4.69, 9.17) is 47.8 Å². The van der Waals surface area contributed by atoms with Crippen LogP contribution in [0.15, 0.2) is 0 Å². The van der Waals surface area contributed by atoms with Gasteiger partial charge in [0, 0.05) is 78.3 Å². The highest BCUT2D eigenvalue weighted by molar-refractivity contribution is 6.66. The van der Waals surface area contributed by atoms with E-state index < -0.39 is 17.4 Å². The molecule has 292 valence electrons. The van der Waals surface area contributed by atoms with Crippen molar-refractivity contribution in [3.63, 3.8) is 0 Å². The van der Waals surface area contributed by atoms with E-state index in [-0.39, 0.29) is 0 Å². The van der Waals surface area contributed by atoms with Gasteiger partial charge in [-0.05, 0) is 92.7 Å². The molecule has 2 rings (SSSR count). The quantitative estimate of drug-likeness (QED) is 0.127. The van der Waals surface area contributed by atoms with Crippen molar-refractivity contribution in [2.45, 2.75) is 72.5 Å². The highest BCUT2D eigenvalue weighted by atomic mass is 28.4. The third kappa shape index (κ3) is 34.3. The molecule has 0 bridgehead atoms. The molecule has 2 fully saturated rings. The summed E-state index contributed by atoms with van der Waals surface area (Å²) in [5.74, 6) is 0. The van der Waals surface area contributed by atoms with E-state index in [1.807, 2.05) is 34.6 Å². The molecule has 0 spiro atoms. The Hall–Kier alpha value is -0.126. The minimum atomic E-state index is -2.40. The average molecular weight is 731 g/mol. The number of rotatable bonds is 16. The fourth-order valence-corrected chi connectivity index (χ4v) is 9.64. The second kappa shape index (κ2) is 39.7. The summed E-state index contributed by atoms with van der Waals surface area (Å²) in [5, 5.41) is 13.1. The summed E-state index contributed by atoms with van der Waals surface area (Å²) in [6, 6.07) is 1.82. The van der Waals surface area contributed by atoms with Crippen LogP contribution in [0, 0.1) is 0 Å². The first-order valence-corrected chi connectivity index (χ1v) is 23.0. The summed E-state index contributed by atoms with van der Waals surface area (Å²) < 4.78 is 44.3. The maximum Gasteiger partial charge on any atom is 0.500 e. The van der Waals surface area contributed by atoms with Crippen molar-refractivity contribution < 1.29 is 36.3 Å². The molecule has 0 radical (unpaired) electrons. The number of hydrogen-bond donors (Lipinski definition) is 6. The van der Waals surface area contributed by atoms with Gasteiger partial charge in [0.2, 0.25) is 0 Å². The maximum atomic E-state index is 5.65. The van der Waals surface area contributed by atoms with Crippen LogP contribution in [0.25, 0.3) is 0 Å². The predicted octanol–water partition coefficient (Wildman–Crippen LogP) is 1.66. The fraction of sp³-hybridized carbons (Fsp3) is 1.00. The topological polar surface area (TPSA) is 174 Å². The first kappa shape index (κ1) is 50.0. The molecule has 2 aliphatic heterocycles. The van der Waals surface area contributed by atoms with Gasteiger partial charge in [0.25, 0.3) is 0 Å². The van der Waals surface area contributed by atoms with Gasteiger partial charge >= 0.3 is 17.4 Å². The summed E-state index contributed by atoms with van der Waals surface area (Å²) in [6.07, 6.45) is 3.18. The standard InChI is InChI=1S/C10H22N2O3.C9H23NO3Si.C8H21NO2Si.C5H12N2/c1-5-13-6-2-12-4-8-15-10-9-14-7-3-11-1;1-4-11-14(12-5-2,13-6-3)9-7-8-10;1-4-10-12(3,11-5-2)8-6-7-9;1-2-6-4-5-7-3-1/h11-12H,1-10H2;4-10H2,1-3H3;4-9H2,1-3H3;6-7H,1-5H2. The van der Waals surface area contributed by atoms with E-state index in [1.165, 1.54) is 19.5 Å². The second-order valence-corrected chi connectivity index (χ2v) is 17.0. The van der Waals surface area contributed by atoms with Crippen LogP contribution in [0.1, 0.15) is 53.9 Å². The Balaban J connectivity index is 0. The fourth-order valence-electron chi connectivity index (χ4n) is 4.56. The molecule has 0 aromatic rings. The Labute approximate surface area is 296 Å². The van der Waals surface area contributed by atoms with E-state index in [0.29, 0.717) is 39.6 Å². The zero-order valence-electron chi connectivity index (χ0n) is 31.8. The van der Waals surface area contributed by atoms with Gasteiger partial charge in [0.1, 0.15) is 0 Å². The lowest BCUT2D eigenvalue weighted by molar-refractivity contribution is 0.0502. The summed E-state index contributed by atoms with van der Waals surface area (Å²) in [6.45, 7) is 29.3. The molecular weight excluding hydrogens is 653 g/mol. The van der Waals surface area contributed by atoms with Crippen molar-refractivity contribution >= 4 is 17.4 Å². The Morgan fingerprint density at radius 3 is 1.21 bits per heavy atom. The third-order valence-electron chi connectivity index (χ3n) is 6.76. The van der Waals surface area contributed by atoms with Crippen LogP contribution in [-0.4, -0.2) is 155 Å². The first-order chi connectivity index (χ1) is 23.4. The van der Waals surface area contributed by atoms with Gasteiger partial charge < -0.3 is 69.1 Å². The Morgan fingerprint density at radius 2 is 0.833 bits per heavy atom. The summed E-state index contributed by atoms with van der Waals surface area (Å²) >= 11 is 0. The second-order valence-electron chi connectivity index (χ2n) is 11.0. The summed E-state index contributed by atoms with van der Waals surface area (Å²) in [4.78, 5) is 0. The van der Waals surface area contributed by atoms with Crippen LogP contribution in [0.2, 0.25) is 18.6 Å². The molecule has 16 heteroatoms. The van der Waals surface area contributed by atoms with E-state index >= 15 is 0 Å². The molecule has 2 aliphatic rings. The van der Waals surface area contributed by atoms with Crippen molar-refractivity contribution in [1.82, 2.24) is 21.3 Å². The zero-order chi connectivity index (χ0) is 35.9. The van der Waals surface area contributed by atoms with E-state index in [2.05, 4.69) is 27.8 Å². The molecule has 0 unspecified atom stereocenters. The van der Waals surface area contributed by atoms with Gasteiger partial charge in [0.05, 0.1) is 39.6 Å². The largest absolute Gasteiger partial charge is 0.500 e. The molecule has 0 amide bonds. The Morgan fingerprint density at radius 1 is 0.479 bits per heavy atom. The summed E-state index contributed by atoms with van der Waals surface area (Å²) in [5.41, 5.74) is 10.9. The van der Waals surface area contributed by atoms with Crippen molar-refractivity contribution in [1.29, 1.82) is 0 Å². The average Bonchev–Trinajstić information content (AvgIpc) is 3.41. The maximum absolute atomic E-state index is 5.65. The van der Waals surface area contributed by atoms with Crippen molar-refractivity contribution in [2.24, 2.45) is 11.5 Å². The van der Waals surface area contributed by atoms with Crippen LogP contribution in [0.4, 0.5) is 0 Å². The first-order valence-electron chi connectivity index (χ1n) is 18.6. The van der Waals surface area contributed by atoms with E-state index in [1.54, 1.807) is 0 Å². The third-order valence-corrected chi connectivity index (χ3v) is 13.0. The highest BCUT2D eigenvalue weighted by Crippen LogP contribution is 2.17. The van der Waals surface area contributed by atoms with Crippen molar-refractivity contribution in [2.75, 3.05) is 138 Å². The Bertz CT molecular complexity index is 526. The van der Waals surface area contributed by atoms with Crippen LogP contribution >= 0.6 is 0 Å². The SMILES string of the molecule is C1CNCCNC1.C1COCCNCCOCCOCCN1.CCO[Si](C)(CCCN)OCC.CCO[Si](CCCN)(OCC)OCC. The predicted molar refractivity (Wildman–Crippen MR) is 201 cm³/mol. The lowest BCUT2D eigenvalue weighted by atomic mass is 10.4. The molecule has 2 saturated heterocycles. The smallest absolute Gasteiger partial charge is 0.395 e. The number of nitrogens with two attached hydrogens (primary N) is 2. The van der Waals surface area contributed by atoms with Crippen LogP contribution in [0.5, 0.6) is 0 Å². The monoisotopic (exact) mass is 731 g/mol. The van der Waals surface area contributed by atoms with E-state index in [0.717, 1.165) is 110 Å². The Kier molecular flexibility index (Phi) is 41.3. The molecule has 0 saturated carbocycles. The molecule has 8 N–H and O–H groups in total. The number of hydrogen-bond acceptors (Lipinski definition) is 14. The molecular formula is C32H78N6O8Si2. The van der Waals surface area contributed by atoms with Crippen molar-refractivity contribution in [3.8, 4) is 0 Å². The number of ether oxygens (including phenoxy) is 3. The van der Waals surface area contributed by atoms with Gasteiger partial charge in [-0.25, -0.2) is 0 Å². The molecule has 2 heterocycles. The normalized spacial score (nSPS) is 17.5. The minimum absolute atomic E-state index is 0.636. The lowest BCUT2D eigenvalue weighted by Crippen LogP contribution is -2.46. The minimum Gasteiger partial charge on any atom is -0.395 e. The lowest BCUT2D eigenvalue weighted by Gasteiger charge is -2.28. The van der Waals surface area contributed by atoms with Gasteiger partial charge in [-0.2, -0.15) is 0 Å². The van der Waals surface area contributed by atoms with Crippen LogP contribution in [-0.2, 0) is 36.3 Å².